The molecule has 0 aromatic rings. The lowest BCUT2D eigenvalue weighted by atomic mass is 9.74. The fourth-order valence-corrected chi connectivity index (χ4v) is 4.45. The molecule has 0 spiro atoms. The molecule has 20 heavy (non-hydrogen) atoms. The Morgan fingerprint density at radius 1 is 1.20 bits per heavy atom. The number of aliphatic carboxylic acids is 1. The second-order valence-corrected chi connectivity index (χ2v) is 7.35. The van der Waals surface area contributed by atoms with Crippen LogP contribution in [0.1, 0.15) is 59.8 Å². The predicted octanol–water partition coefficient (Wildman–Crippen LogP) is 3.63. The third kappa shape index (κ3) is 3.19. The van der Waals surface area contributed by atoms with E-state index in [4.69, 9.17) is 0 Å². The van der Waals surface area contributed by atoms with Gasteiger partial charge in [0.15, 0.2) is 0 Å². The lowest BCUT2D eigenvalue weighted by Gasteiger charge is -2.49. The highest BCUT2D eigenvalue weighted by Crippen LogP contribution is 2.38. The lowest BCUT2D eigenvalue weighted by Crippen LogP contribution is -2.56. The summed E-state index contributed by atoms with van der Waals surface area (Å²) < 4.78 is 0. The van der Waals surface area contributed by atoms with E-state index >= 15 is 0 Å². The highest BCUT2D eigenvalue weighted by atomic mass is 16.4. The summed E-state index contributed by atoms with van der Waals surface area (Å²) in [6.45, 7) is 10.3. The van der Waals surface area contributed by atoms with Gasteiger partial charge in [-0.25, -0.2) is 0 Å². The summed E-state index contributed by atoms with van der Waals surface area (Å²) in [6.07, 6.45) is 5.51. The van der Waals surface area contributed by atoms with Gasteiger partial charge in [0.2, 0.25) is 0 Å². The summed E-state index contributed by atoms with van der Waals surface area (Å²) in [4.78, 5) is 14.2. The summed E-state index contributed by atoms with van der Waals surface area (Å²) in [5.41, 5.74) is 0. The van der Waals surface area contributed by atoms with Crippen molar-refractivity contribution in [3.05, 3.63) is 0 Å². The van der Waals surface area contributed by atoms with Crippen molar-refractivity contribution in [2.75, 3.05) is 6.54 Å². The number of hydrogen-bond acceptors (Lipinski definition) is 2. The number of nitrogens with zero attached hydrogens (tertiary/aromatic N) is 1. The van der Waals surface area contributed by atoms with Crippen LogP contribution < -0.4 is 0 Å². The maximum atomic E-state index is 11.6. The molecule has 2 rings (SSSR count). The normalized spacial score (nSPS) is 43.4. The van der Waals surface area contributed by atoms with Crippen molar-refractivity contribution in [2.24, 2.45) is 23.7 Å². The van der Waals surface area contributed by atoms with E-state index in [2.05, 4.69) is 32.6 Å². The maximum absolute atomic E-state index is 11.6. The summed E-state index contributed by atoms with van der Waals surface area (Å²) in [5.74, 6) is 1.35. The van der Waals surface area contributed by atoms with Crippen LogP contribution in [0.2, 0.25) is 0 Å². The summed E-state index contributed by atoms with van der Waals surface area (Å²) in [6, 6.07) is 0.778. The van der Waals surface area contributed by atoms with Crippen LogP contribution in [0.4, 0.5) is 0 Å². The van der Waals surface area contributed by atoms with Crippen LogP contribution in [0.25, 0.3) is 0 Å². The molecule has 1 heterocycles. The number of likely N-dealkylation sites (tertiary alicyclic amines) is 1. The first-order valence-corrected chi connectivity index (χ1v) is 8.42. The molecular formula is C17H31NO2. The van der Waals surface area contributed by atoms with E-state index in [1.165, 1.54) is 12.8 Å². The Balaban J connectivity index is 2.17. The Morgan fingerprint density at radius 3 is 2.50 bits per heavy atom. The van der Waals surface area contributed by atoms with Crippen LogP contribution in [0.3, 0.4) is 0 Å². The van der Waals surface area contributed by atoms with Crippen molar-refractivity contribution >= 4 is 5.97 Å². The van der Waals surface area contributed by atoms with Crippen LogP contribution in [-0.4, -0.2) is 34.6 Å². The van der Waals surface area contributed by atoms with Gasteiger partial charge in [-0.05, 0) is 50.4 Å². The maximum Gasteiger partial charge on any atom is 0.308 e. The van der Waals surface area contributed by atoms with E-state index in [9.17, 15) is 9.90 Å². The summed E-state index contributed by atoms with van der Waals surface area (Å²) >= 11 is 0. The number of piperidine rings is 1. The third-order valence-electron chi connectivity index (χ3n) is 5.89. The quantitative estimate of drug-likeness (QED) is 0.858. The molecule has 1 saturated carbocycles. The van der Waals surface area contributed by atoms with Gasteiger partial charge in [0.25, 0.3) is 0 Å². The lowest BCUT2D eigenvalue weighted by molar-refractivity contribution is -0.148. The first-order valence-electron chi connectivity index (χ1n) is 8.42. The molecule has 1 aliphatic carbocycles. The molecule has 1 saturated heterocycles. The first-order chi connectivity index (χ1) is 9.43. The predicted molar refractivity (Wildman–Crippen MR) is 81.7 cm³/mol. The third-order valence-corrected chi connectivity index (χ3v) is 5.89. The zero-order valence-electron chi connectivity index (χ0n) is 13.5. The highest BCUT2D eigenvalue weighted by molar-refractivity contribution is 5.71. The van der Waals surface area contributed by atoms with Gasteiger partial charge in [0, 0.05) is 18.6 Å². The number of carboxylic acid groups (broad SMARTS) is 1. The molecule has 0 aromatic carbocycles. The SMILES string of the molecule is CCC1CCC(C(=O)O)C(N2CC(C)CC(C)C2C)C1. The molecule has 116 valence electrons. The second kappa shape index (κ2) is 6.46. The first kappa shape index (κ1) is 15.8. The summed E-state index contributed by atoms with van der Waals surface area (Å²) in [7, 11) is 0. The zero-order chi connectivity index (χ0) is 14.9. The molecule has 1 N–H and O–H groups in total. The Bertz CT molecular complexity index is 344. The van der Waals surface area contributed by atoms with Crippen molar-refractivity contribution < 1.29 is 9.90 Å². The van der Waals surface area contributed by atoms with Crippen LogP contribution >= 0.6 is 0 Å². The molecule has 6 unspecified atom stereocenters. The van der Waals surface area contributed by atoms with Crippen LogP contribution in [0.5, 0.6) is 0 Å². The standard InChI is InChI=1S/C17H31NO2/c1-5-14-6-7-15(17(19)20)16(9-14)18-10-11(2)8-12(3)13(18)4/h11-16H,5-10H2,1-4H3,(H,19,20). The van der Waals surface area contributed by atoms with Crippen molar-refractivity contribution in [1.29, 1.82) is 0 Å². The smallest absolute Gasteiger partial charge is 0.308 e. The van der Waals surface area contributed by atoms with Gasteiger partial charge in [0.05, 0.1) is 5.92 Å². The fraction of sp³-hybridized carbons (Fsp3) is 0.941. The van der Waals surface area contributed by atoms with Crippen molar-refractivity contribution in [1.82, 2.24) is 4.90 Å². The van der Waals surface area contributed by atoms with E-state index in [1.807, 2.05) is 0 Å². The largest absolute Gasteiger partial charge is 0.481 e. The van der Waals surface area contributed by atoms with Gasteiger partial charge in [-0.2, -0.15) is 0 Å². The van der Waals surface area contributed by atoms with E-state index in [0.29, 0.717) is 17.9 Å². The molecular weight excluding hydrogens is 250 g/mol. The van der Waals surface area contributed by atoms with Gasteiger partial charge < -0.3 is 5.11 Å². The monoisotopic (exact) mass is 281 g/mol. The molecule has 0 aromatic heterocycles. The van der Waals surface area contributed by atoms with Crippen molar-refractivity contribution in [3.8, 4) is 0 Å². The fourth-order valence-electron chi connectivity index (χ4n) is 4.45. The van der Waals surface area contributed by atoms with Crippen LogP contribution in [0.15, 0.2) is 0 Å². The van der Waals surface area contributed by atoms with Gasteiger partial charge in [-0.15, -0.1) is 0 Å². The number of hydrogen-bond donors (Lipinski definition) is 1. The van der Waals surface area contributed by atoms with E-state index in [-0.39, 0.29) is 12.0 Å². The van der Waals surface area contributed by atoms with Gasteiger partial charge in [0.1, 0.15) is 0 Å². The van der Waals surface area contributed by atoms with E-state index in [0.717, 1.165) is 31.7 Å². The molecule has 0 amide bonds. The molecule has 0 bridgehead atoms. The zero-order valence-corrected chi connectivity index (χ0v) is 13.5. The highest BCUT2D eigenvalue weighted by Gasteiger charge is 2.42. The van der Waals surface area contributed by atoms with Crippen LogP contribution in [0, 0.1) is 23.7 Å². The minimum atomic E-state index is -0.581. The van der Waals surface area contributed by atoms with Gasteiger partial charge >= 0.3 is 5.97 Å². The molecule has 0 radical (unpaired) electrons. The minimum absolute atomic E-state index is 0.155. The van der Waals surface area contributed by atoms with Gasteiger partial charge in [-0.1, -0.05) is 27.2 Å². The van der Waals surface area contributed by atoms with Gasteiger partial charge in [-0.3, -0.25) is 9.69 Å². The molecule has 3 nitrogen and oxygen atoms in total. The molecule has 6 atom stereocenters. The van der Waals surface area contributed by atoms with Crippen molar-refractivity contribution in [3.63, 3.8) is 0 Å². The number of carboxylic acids is 1. The second-order valence-electron chi connectivity index (χ2n) is 7.35. The Hall–Kier alpha value is -0.570. The molecule has 2 aliphatic rings. The average molecular weight is 281 g/mol. The topological polar surface area (TPSA) is 40.5 Å². The molecule has 2 fully saturated rings. The molecule has 3 heteroatoms. The molecule has 1 aliphatic heterocycles. The number of rotatable bonds is 3. The Kier molecular flexibility index (Phi) is 5.11. The Labute approximate surface area is 123 Å². The van der Waals surface area contributed by atoms with Crippen LogP contribution in [-0.2, 0) is 4.79 Å². The van der Waals surface area contributed by atoms with Crippen molar-refractivity contribution in [2.45, 2.75) is 71.9 Å². The van der Waals surface area contributed by atoms with E-state index in [1.54, 1.807) is 0 Å². The number of carbonyl (C=O) groups is 1. The van der Waals surface area contributed by atoms with E-state index < -0.39 is 5.97 Å². The summed E-state index contributed by atoms with van der Waals surface area (Å²) in [5, 5.41) is 9.59. The minimum Gasteiger partial charge on any atom is -0.481 e. The Morgan fingerprint density at radius 2 is 1.90 bits per heavy atom. The average Bonchev–Trinajstić information content (AvgIpc) is 2.42.